The van der Waals surface area contributed by atoms with Crippen LogP contribution in [0.25, 0.3) is 11.3 Å². The number of benzene rings is 1. The molecule has 0 amide bonds. The first-order valence-electron chi connectivity index (χ1n) is 5.50. The summed E-state index contributed by atoms with van der Waals surface area (Å²) >= 11 is 0. The molecule has 0 aliphatic rings. The molecule has 0 aliphatic heterocycles. The fourth-order valence-electron chi connectivity index (χ4n) is 1.79. The SMILES string of the molecule is Cc1ccc(-c2cc(CCN)nn2C)cc1. The second-order valence-corrected chi connectivity index (χ2v) is 4.05. The molecule has 0 saturated carbocycles. The van der Waals surface area contributed by atoms with Gasteiger partial charge >= 0.3 is 0 Å². The van der Waals surface area contributed by atoms with E-state index in [1.165, 1.54) is 11.1 Å². The van der Waals surface area contributed by atoms with Gasteiger partial charge in [0, 0.05) is 13.5 Å². The van der Waals surface area contributed by atoms with Crippen molar-refractivity contribution in [3.8, 4) is 11.3 Å². The number of rotatable bonds is 3. The first-order chi connectivity index (χ1) is 7.70. The van der Waals surface area contributed by atoms with Crippen LogP contribution < -0.4 is 5.73 Å². The Balaban J connectivity index is 2.36. The summed E-state index contributed by atoms with van der Waals surface area (Å²) in [6.07, 6.45) is 0.833. The van der Waals surface area contributed by atoms with Crippen LogP contribution in [0.2, 0.25) is 0 Å². The highest BCUT2D eigenvalue weighted by Gasteiger charge is 2.06. The minimum atomic E-state index is 0.643. The van der Waals surface area contributed by atoms with Crippen LogP contribution in [-0.4, -0.2) is 16.3 Å². The summed E-state index contributed by atoms with van der Waals surface area (Å²) in [5.41, 5.74) is 10.2. The molecular formula is C13H17N3. The quantitative estimate of drug-likeness (QED) is 0.849. The zero-order chi connectivity index (χ0) is 11.5. The maximum Gasteiger partial charge on any atom is 0.0681 e. The van der Waals surface area contributed by atoms with Gasteiger partial charge in [-0.25, -0.2) is 0 Å². The highest BCUT2D eigenvalue weighted by Crippen LogP contribution is 2.20. The van der Waals surface area contributed by atoms with Gasteiger partial charge in [0.2, 0.25) is 0 Å². The molecule has 3 nitrogen and oxygen atoms in total. The van der Waals surface area contributed by atoms with Gasteiger partial charge in [-0.3, -0.25) is 4.68 Å². The Labute approximate surface area is 95.9 Å². The van der Waals surface area contributed by atoms with Gasteiger partial charge in [0.1, 0.15) is 0 Å². The lowest BCUT2D eigenvalue weighted by Gasteiger charge is -2.01. The van der Waals surface area contributed by atoms with E-state index in [1.54, 1.807) is 0 Å². The highest BCUT2D eigenvalue weighted by molar-refractivity contribution is 5.60. The summed E-state index contributed by atoms with van der Waals surface area (Å²) in [6, 6.07) is 10.6. The number of aromatic nitrogens is 2. The molecule has 2 rings (SSSR count). The van der Waals surface area contributed by atoms with Gasteiger partial charge in [0.05, 0.1) is 11.4 Å². The Bertz CT molecular complexity index is 468. The van der Waals surface area contributed by atoms with E-state index < -0.39 is 0 Å². The molecule has 2 aromatic rings. The summed E-state index contributed by atoms with van der Waals surface area (Å²) in [4.78, 5) is 0. The van der Waals surface area contributed by atoms with Crippen molar-refractivity contribution in [1.29, 1.82) is 0 Å². The lowest BCUT2D eigenvalue weighted by atomic mass is 10.1. The van der Waals surface area contributed by atoms with Crippen molar-refractivity contribution in [3.63, 3.8) is 0 Å². The van der Waals surface area contributed by atoms with E-state index in [4.69, 9.17) is 5.73 Å². The van der Waals surface area contributed by atoms with Gasteiger partial charge in [-0.05, 0) is 25.1 Å². The first kappa shape index (κ1) is 10.9. The predicted molar refractivity (Wildman–Crippen MR) is 66.1 cm³/mol. The smallest absolute Gasteiger partial charge is 0.0681 e. The van der Waals surface area contributed by atoms with Crippen LogP contribution in [0.3, 0.4) is 0 Å². The summed E-state index contributed by atoms with van der Waals surface area (Å²) in [7, 11) is 1.97. The zero-order valence-corrected chi connectivity index (χ0v) is 9.77. The van der Waals surface area contributed by atoms with Crippen molar-refractivity contribution < 1.29 is 0 Å². The molecule has 0 unspecified atom stereocenters. The third kappa shape index (κ3) is 2.14. The van der Waals surface area contributed by atoms with Crippen LogP contribution in [0.5, 0.6) is 0 Å². The van der Waals surface area contributed by atoms with Crippen LogP contribution in [0.4, 0.5) is 0 Å². The van der Waals surface area contributed by atoms with E-state index in [1.807, 2.05) is 11.7 Å². The number of aryl methyl sites for hydroxylation is 2. The Morgan fingerprint density at radius 2 is 1.94 bits per heavy atom. The summed E-state index contributed by atoms with van der Waals surface area (Å²) in [5.74, 6) is 0. The number of hydrogen-bond donors (Lipinski definition) is 1. The van der Waals surface area contributed by atoms with E-state index in [9.17, 15) is 0 Å². The number of nitrogens with zero attached hydrogens (tertiary/aromatic N) is 2. The Morgan fingerprint density at radius 1 is 1.25 bits per heavy atom. The van der Waals surface area contributed by atoms with Crippen LogP contribution in [0, 0.1) is 6.92 Å². The van der Waals surface area contributed by atoms with E-state index in [0.29, 0.717) is 6.54 Å². The summed E-state index contributed by atoms with van der Waals surface area (Å²) in [5, 5.41) is 4.44. The molecule has 16 heavy (non-hydrogen) atoms. The van der Waals surface area contributed by atoms with E-state index >= 15 is 0 Å². The molecule has 84 valence electrons. The molecule has 0 atom stereocenters. The third-order valence-electron chi connectivity index (χ3n) is 2.68. The van der Waals surface area contributed by atoms with Gasteiger partial charge in [-0.15, -0.1) is 0 Å². The molecule has 0 fully saturated rings. The van der Waals surface area contributed by atoms with Gasteiger partial charge in [0.25, 0.3) is 0 Å². The Kier molecular flexibility index (Phi) is 3.06. The van der Waals surface area contributed by atoms with Crippen molar-refractivity contribution in [2.45, 2.75) is 13.3 Å². The molecule has 0 radical (unpaired) electrons. The number of nitrogens with two attached hydrogens (primary N) is 1. The van der Waals surface area contributed by atoms with Gasteiger partial charge in [-0.1, -0.05) is 29.8 Å². The average Bonchev–Trinajstić information content (AvgIpc) is 2.61. The predicted octanol–water partition coefficient (Wildman–Crippen LogP) is 1.90. The van der Waals surface area contributed by atoms with Crippen LogP contribution >= 0.6 is 0 Å². The Morgan fingerprint density at radius 3 is 2.56 bits per heavy atom. The minimum Gasteiger partial charge on any atom is -0.330 e. The minimum absolute atomic E-state index is 0.643. The van der Waals surface area contributed by atoms with Gasteiger partial charge in [-0.2, -0.15) is 5.10 Å². The molecule has 1 heterocycles. The maximum atomic E-state index is 5.53. The Hall–Kier alpha value is -1.61. The lowest BCUT2D eigenvalue weighted by molar-refractivity contribution is 0.745. The average molecular weight is 215 g/mol. The molecule has 0 spiro atoms. The molecule has 1 aromatic heterocycles. The summed E-state index contributed by atoms with van der Waals surface area (Å²) < 4.78 is 1.91. The molecule has 0 saturated heterocycles. The normalized spacial score (nSPS) is 10.7. The largest absolute Gasteiger partial charge is 0.330 e. The molecule has 2 N–H and O–H groups in total. The zero-order valence-electron chi connectivity index (χ0n) is 9.77. The van der Waals surface area contributed by atoms with Crippen LogP contribution in [-0.2, 0) is 13.5 Å². The van der Waals surface area contributed by atoms with E-state index in [2.05, 4.69) is 42.4 Å². The summed E-state index contributed by atoms with van der Waals surface area (Å²) in [6.45, 7) is 2.73. The highest BCUT2D eigenvalue weighted by atomic mass is 15.3. The number of hydrogen-bond acceptors (Lipinski definition) is 2. The topological polar surface area (TPSA) is 43.8 Å². The fraction of sp³-hybridized carbons (Fsp3) is 0.308. The van der Waals surface area contributed by atoms with Crippen LogP contribution in [0.15, 0.2) is 30.3 Å². The van der Waals surface area contributed by atoms with Gasteiger partial charge in [0.15, 0.2) is 0 Å². The van der Waals surface area contributed by atoms with Crippen molar-refractivity contribution >= 4 is 0 Å². The standard InChI is InChI=1S/C13H17N3/c1-10-3-5-11(6-4-10)13-9-12(7-8-14)15-16(13)2/h3-6,9H,7-8,14H2,1-2H3. The van der Waals surface area contributed by atoms with Gasteiger partial charge < -0.3 is 5.73 Å². The maximum absolute atomic E-state index is 5.53. The van der Waals surface area contributed by atoms with Crippen molar-refractivity contribution in [1.82, 2.24) is 9.78 Å². The van der Waals surface area contributed by atoms with Crippen molar-refractivity contribution in [2.75, 3.05) is 6.54 Å². The molecular weight excluding hydrogens is 198 g/mol. The molecule has 3 heteroatoms. The monoisotopic (exact) mass is 215 g/mol. The van der Waals surface area contributed by atoms with Crippen LogP contribution in [0.1, 0.15) is 11.3 Å². The molecule has 0 bridgehead atoms. The van der Waals surface area contributed by atoms with Crippen molar-refractivity contribution in [2.24, 2.45) is 12.8 Å². The van der Waals surface area contributed by atoms with E-state index in [-0.39, 0.29) is 0 Å². The lowest BCUT2D eigenvalue weighted by Crippen LogP contribution is -2.03. The molecule has 1 aromatic carbocycles. The first-order valence-corrected chi connectivity index (χ1v) is 5.50. The fourth-order valence-corrected chi connectivity index (χ4v) is 1.79. The van der Waals surface area contributed by atoms with E-state index in [0.717, 1.165) is 17.8 Å². The third-order valence-corrected chi connectivity index (χ3v) is 2.68. The molecule has 0 aliphatic carbocycles. The second-order valence-electron chi connectivity index (χ2n) is 4.05. The van der Waals surface area contributed by atoms with Crippen molar-refractivity contribution in [3.05, 3.63) is 41.6 Å². The second kappa shape index (κ2) is 4.49.